The molecule has 0 radical (unpaired) electrons. The van der Waals surface area contributed by atoms with Crippen LogP contribution < -0.4 is 5.32 Å². The van der Waals surface area contributed by atoms with Gasteiger partial charge in [0.15, 0.2) is 11.4 Å². The highest BCUT2D eigenvalue weighted by atomic mass is 32.1. The number of aliphatic hydroxyl groups excluding tert-OH is 1. The second-order valence-corrected chi connectivity index (χ2v) is 5.87. The summed E-state index contributed by atoms with van der Waals surface area (Å²) in [6.07, 6.45) is -0.739. The summed E-state index contributed by atoms with van der Waals surface area (Å²) in [5.41, 5.74) is 4.09. The lowest BCUT2D eigenvalue weighted by Crippen LogP contribution is -2.10. The lowest BCUT2D eigenvalue weighted by Gasteiger charge is -2.14. The quantitative estimate of drug-likeness (QED) is 0.714. The summed E-state index contributed by atoms with van der Waals surface area (Å²) in [5, 5.41) is 14.1. The molecule has 4 heteroatoms. The number of hydrogen-bond donors (Lipinski definition) is 2. The Labute approximate surface area is 121 Å². The minimum Gasteiger partial charge on any atom is -0.369 e. The molecule has 0 aliphatic heterocycles. The Morgan fingerprint density at radius 2 is 1.80 bits per heavy atom. The van der Waals surface area contributed by atoms with Gasteiger partial charge in [-0.1, -0.05) is 47.7 Å². The molecule has 3 rings (SSSR count). The molecule has 102 valence electrons. The van der Waals surface area contributed by atoms with Gasteiger partial charge in [-0.2, -0.15) is 0 Å². The highest BCUT2D eigenvalue weighted by molar-refractivity contribution is 7.22. The molecule has 3 nitrogen and oxygen atoms in total. The number of benzene rings is 2. The van der Waals surface area contributed by atoms with E-state index in [1.807, 2.05) is 56.3 Å². The number of hydrogen-bond acceptors (Lipinski definition) is 4. The average Bonchev–Trinajstić information content (AvgIpc) is 2.83. The first kappa shape index (κ1) is 13.1. The van der Waals surface area contributed by atoms with Crippen molar-refractivity contribution in [2.75, 3.05) is 5.32 Å². The number of aryl methyl sites for hydroxylation is 2. The molecule has 3 aromatic rings. The van der Waals surface area contributed by atoms with Crippen molar-refractivity contribution in [2.24, 2.45) is 0 Å². The summed E-state index contributed by atoms with van der Waals surface area (Å²) in [4.78, 5) is 4.55. The number of nitrogens with one attached hydrogen (secondary N) is 1. The third-order valence-corrected chi connectivity index (χ3v) is 4.32. The van der Waals surface area contributed by atoms with E-state index < -0.39 is 6.23 Å². The first-order valence-corrected chi connectivity index (χ1v) is 7.33. The number of thiazole rings is 1. The minimum atomic E-state index is -0.739. The Balaban J connectivity index is 1.90. The molecule has 1 heterocycles. The molecule has 1 atom stereocenters. The SMILES string of the molecule is Cc1ccccc1C(O)Nc1nc2c(C)cccc2s1. The maximum Gasteiger partial charge on any atom is 0.186 e. The zero-order valence-corrected chi connectivity index (χ0v) is 12.2. The fraction of sp³-hybridized carbons (Fsp3) is 0.188. The van der Waals surface area contributed by atoms with Crippen molar-refractivity contribution in [1.29, 1.82) is 0 Å². The second kappa shape index (κ2) is 5.23. The molecular formula is C16H16N2OS. The Kier molecular flexibility index (Phi) is 3.42. The molecule has 0 fully saturated rings. The van der Waals surface area contributed by atoms with Crippen molar-refractivity contribution in [3.05, 3.63) is 59.2 Å². The molecule has 0 amide bonds. The van der Waals surface area contributed by atoms with Crippen LogP contribution in [0.3, 0.4) is 0 Å². The standard InChI is InChI=1S/C16H16N2OS/c1-10-6-3-4-8-12(10)15(19)18-16-17-14-11(2)7-5-9-13(14)20-16/h3-9,15,19H,1-2H3,(H,17,18). The Morgan fingerprint density at radius 1 is 1.05 bits per heavy atom. The van der Waals surface area contributed by atoms with Gasteiger partial charge in [-0.05, 0) is 31.0 Å². The number of para-hydroxylation sites is 1. The number of aliphatic hydroxyl groups is 1. The van der Waals surface area contributed by atoms with E-state index in [4.69, 9.17) is 0 Å². The van der Waals surface area contributed by atoms with Gasteiger partial charge in [0, 0.05) is 5.56 Å². The predicted octanol–water partition coefficient (Wildman–Crippen LogP) is 4.02. The average molecular weight is 284 g/mol. The van der Waals surface area contributed by atoms with E-state index in [0.717, 1.165) is 32.0 Å². The maximum absolute atomic E-state index is 10.3. The summed E-state index contributed by atoms with van der Waals surface area (Å²) in [7, 11) is 0. The van der Waals surface area contributed by atoms with Gasteiger partial charge in [0.05, 0.1) is 10.2 Å². The first-order valence-electron chi connectivity index (χ1n) is 6.51. The molecule has 0 spiro atoms. The van der Waals surface area contributed by atoms with Crippen LogP contribution in [0.1, 0.15) is 22.9 Å². The Morgan fingerprint density at radius 3 is 2.55 bits per heavy atom. The van der Waals surface area contributed by atoms with Crippen LogP contribution in [0.25, 0.3) is 10.2 Å². The largest absolute Gasteiger partial charge is 0.369 e. The van der Waals surface area contributed by atoms with Crippen LogP contribution in [0.5, 0.6) is 0 Å². The molecule has 0 aliphatic rings. The van der Waals surface area contributed by atoms with E-state index in [9.17, 15) is 5.11 Å². The number of nitrogens with zero attached hydrogens (tertiary/aromatic N) is 1. The van der Waals surface area contributed by atoms with E-state index in [1.54, 1.807) is 11.3 Å². The summed E-state index contributed by atoms with van der Waals surface area (Å²) < 4.78 is 1.13. The first-order chi connectivity index (χ1) is 9.65. The van der Waals surface area contributed by atoms with Gasteiger partial charge >= 0.3 is 0 Å². The number of fused-ring (bicyclic) bond motifs is 1. The summed E-state index contributed by atoms with van der Waals surface area (Å²) in [6.45, 7) is 4.03. The third kappa shape index (κ3) is 2.40. The van der Waals surface area contributed by atoms with Crippen LogP contribution in [0.15, 0.2) is 42.5 Å². The van der Waals surface area contributed by atoms with E-state index in [1.165, 1.54) is 0 Å². The monoisotopic (exact) mass is 284 g/mol. The van der Waals surface area contributed by atoms with Crippen molar-refractivity contribution in [3.8, 4) is 0 Å². The summed E-state index contributed by atoms with van der Waals surface area (Å²) >= 11 is 1.56. The van der Waals surface area contributed by atoms with Gasteiger partial charge in [0.2, 0.25) is 0 Å². The van der Waals surface area contributed by atoms with Crippen molar-refractivity contribution in [3.63, 3.8) is 0 Å². The molecule has 1 aromatic heterocycles. The number of anilines is 1. The van der Waals surface area contributed by atoms with Gasteiger partial charge in [0.1, 0.15) is 0 Å². The van der Waals surface area contributed by atoms with Crippen LogP contribution in [0.4, 0.5) is 5.13 Å². The van der Waals surface area contributed by atoms with Crippen LogP contribution in [-0.4, -0.2) is 10.1 Å². The highest BCUT2D eigenvalue weighted by Crippen LogP contribution is 2.30. The maximum atomic E-state index is 10.3. The minimum absolute atomic E-state index is 0.739. The molecule has 2 aromatic carbocycles. The van der Waals surface area contributed by atoms with E-state index in [0.29, 0.717) is 0 Å². The predicted molar refractivity (Wildman–Crippen MR) is 84.1 cm³/mol. The van der Waals surface area contributed by atoms with Crippen LogP contribution >= 0.6 is 11.3 Å². The van der Waals surface area contributed by atoms with E-state index in [-0.39, 0.29) is 0 Å². The molecule has 1 unspecified atom stereocenters. The zero-order chi connectivity index (χ0) is 14.1. The Bertz CT molecular complexity index is 751. The smallest absolute Gasteiger partial charge is 0.186 e. The molecular weight excluding hydrogens is 268 g/mol. The van der Waals surface area contributed by atoms with Gasteiger partial charge in [-0.25, -0.2) is 4.98 Å². The van der Waals surface area contributed by atoms with E-state index >= 15 is 0 Å². The van der Waals surface area contributed by atoms with E-state index in [2.05, 4.69) is 10.3 Å². The fourth-order valence-electron chi connectivity index (χ4n) is 2.24. The summed E-state index contributed by atoms with van der Waals surface area (Å²) in [5.74, 6) is 0. The lowest BCUT2D eigenvalue weighted by atomic mass is 10.1. The number of rotatable bonds is 3. The zero-order valence-electron chi connectivity index (χ0n) is 11.4. The normalized spacial score (nSPS) is 12.6. The third-order valence-electron chi connectivity index (χ3n) is 3.36. The van der Waals surface area contributed by atoms with Crippen molar-refractivity contribution in [2.45, 2.75) is 20.1 Å². The van der Waals surface area contributed by atoms with Gasteiger partial charge in [0.25, 0.3) is 0 Å². The van der Waals surface area contributed by atoms with Crippen molar-refractivity contribution < 1.29 is 5.11 Å². The van der Waals surface area contributed by atoms with Gasteiger partial charge in [-0.3, -0.25) is 0 Å². The summed E-state index contributed by atoms with van der Waals surface area (Å²) in [6, 6.07) is 13.9. The van der Waals surface area contributed by atoms with Crippen molar-refractivity contribution in [1.82, 2.24) is 4.98 Å². The molecule has 0 aliphatic carbocycles. The topological polar surface area (TPSA) is 45.1 Å². The number of aromatic nitrogens is 1. The molecule has 0 saturated carbocycles. The molecule has 0 bridgehead atoms. The van der Waals surface area contributed by atoms with Gasteiger partial charge in [-0.15, -0.1) is 0 Å². The molecule has 2 N–H and O–H groups in total. The van der Waals surface area contributed by atoms with Gasteiger partial charge < -0.3 is 10.4 Å². The van der Waals surface area contributed by atoms with Crippen LogP contribution in [0.2, 0.25) is 0 Å². The van der Waals surface area contributed by atoms with Crippen LogP contribution in [0, 0.1) is 13.8 Å². The molecule has 0 saturated heterocycles. The Hall–Kier alpha value is -1.91. The second-order valence-electron chi connectivity index (χ2n) is 4.84. The fourth-order valence-corrected chi connectivity index (χ4v) is 3.20. The highest BCUT2D eigenvalue weighted by Gasteiger charge is 2.12. The lowest BCUT2D eigenvalue weighted by molar-refractivity contribution is 0.207. The van der Waals surface area contributed by atoms with Crippen molar-refractivity contribution >= 4 is 26.7 Å². The molecule has 20 heavy (non-hydrogen) atoms. The van der Waals surface area contributed by atoms with Crippen LogP contribution in [-0.2, 0) is 0 Å².